The third kappa shape index (κ3) is 5.98. The van der Waals surface area contributed by atoms with Crippen LogP contribution in [0.5, 0.6) is 5.75 Å². The van der Waals surface area contributed by atoms with Crippen LogP contribution in [-0.2, 0) is 19.9 Å². The summed E-state index contributed by atoms with van der Waals surface area (Å²) >= 11 is 5.40. The molecule has 0 radical (unpaired) electrons. The Morgan fingerprint density at radius 3 is 2.36 bits per heavy atom. The minimum Gasteiger partial charge on any atom is -0.406 e. The van der Waals surface area contributed by atoms with Crippen molar-refractivity contribution in [3.8, 4) is 5.75 Å². The number of nitrogens with zero attached hydrogens (tertiary/aromatic N) is 3. The molecule has 3 atom stereocenters. The van der Waals surface area contributed by atoms with Crippen molar-refractivity contribution in [1.29, 1.82) is 0 Å². The Balaban J connectivity index is 2.10. The van der Waals surface area contributed by atoms with Gasteiger partial charge in [-0.15, -0.1) is 13.2 Å². The lowest BCUT2D eigenvalue weighted by Gasteiger charge is -2.42. The molecule has 1 N–H and O–H groups in total. The predicted molar refractivity (Wildman–Crippen MR) is 113 cm³/mol. The number of ether oxygens (including phenoxy) is 2. The number of alkyl halides is 7. The first-order valence-corrected chi connectivity index (χ1v) is 10.7. The topological polar surface area (TPSA) is 93.6 Å². The van der Waals surface area contributed by atoms with E-state index in [9.17, 15) is 35.9 Å². The van der Waals surface area contributed by atoms with Crippen LogP contribution >= 0.6 is 11.6 Å². The molecule has 36 heavy (non-hydrogen) atoms. The lowest BCUT2D eigenvalue weighted by molar-refractivity contribution is -0.274. The van der Waals surface area contributed by atoms with Crippen LogP contribution in [0.15, 0.2) is 43.0 Å². The average molecular weight is 541 g/mol. The number of hydrogen-bond acceptors (Lipinski definition) is 6. The quantitative estimate of drug-likeness (QED) is 0.425. The molecule has 1 fully saturated rings. The molecule has 0 aliphatic carbocycles. The van der Waals surface area contributed by atoms with Crippen LogP contribution in [0, 0.1) is 0 Å². The fraction of sp³-hybridized carbons (Fsp3) is 0.429. The summed E-state index contributed by atoms with van der Waals surface area (Å²) in [5, 5.41) is 2.18. The highest BCUT2D eigenvalue weighted by molar-refractivity contribution is 6.32. The fourth-order valence-corrected chi connectivity index (χ4v) is 3.71. The molecule has 2 aromatic rings. The minimum absolute atomic E-state index is 0.0801. The third-order valence-electron chi connectivity index (χ3n) is 5.41. The van der Waals surface area contributed by atoms with Gasteiger partial charge in [-0.3, -0.25) is 14.5 Å². The Bertz CT molecular complexity index is 1070. The van der Waals surface area contributed by atoms with Gasteiger partial charge in [-0.05, 0) is 37.6 Å². The summed E-state index contributed by atoms with van der Waals surface area (Å²) in [4.78, 5) is 34.5. The second kappa shape index (κ2) is 10.5. The molecule has 1 aliphatic rings. The Labute approximate surface area is 205 Å². The van der Waals surface area contributed by atoms with E-state index < -0.39 is 53.7 Å². The zero-order valence-electron chi connectivity index (χ0n) is 18.4. The van der Waals surface area contributed by atoms with E-state index in [1.165, 1.54) is 0 Å². The number of rotatable bonds is 7. The number of carbonyl (C=O) groups excluding carboxylic acids is 2. The van der Waals surface area contributed by atoms with Gasteiger partial charge in [0.15, 0.2) is 5.54 Å². The van der Waals surface area contributed by atoms with Crippen molar-refractivity contribution >= 4 is 29.1 Å². The molecule has 1 saturated heterocycles. The largest absolute Gasteiger partial charge is 0.573 e. The Morgan fingerprint density at radius 1 is 1.22 bits per heavy atom. The molecule has 0 spiro atoms. The van der Waals surface area contributed by atoms with Gasteiger partial charge in [0, 0.05) is 30.3 Å². The van der Waals surface area contributed by atoms with Crippen LogP contribution in [0.2, 0.25) is 0 Å². The highest BCUT2D eigenvalue weighted by atomic mass is 35.5. The van der Waals surface area contributed by atoms with Gasteiger partial charge in [0.1, 0.15) is 18.7 Å². The van der Waals surface area contributed by atoms with E-state index in [-0.39, 0.29) is 24.3 Å². The summed E-state index contributed by atoms with van der Waals surface area (Å²) in [5.41, 5.74) is -5.41. The smallest absolute Gasteiger partial charge is 0.406 e. The maximum atomic E-state index is 14.4. The first-order chi connectivity index (χ1) is 16.8. The first-order valence-electron chi connectivity index (χ1n) is 10.3. The molecular weight excluding hydrogens is 522 g/mol. The Morgan fingerprint density at radius 2 is 1.83 bits per heavy atom. The molecular formula is C21H19ClF6N4O4. The number of anilines is 1. The maximum absolute atomic E-state index is 14.4. The molecule has 2 amide bonds. The summed E-state index contributed by atoms with van der Waals surface area (Å²) in [7, 11) is 0. The van der Waals surface area contributed by atoms with Gasteiger partial charge in [-0.2, -0.15) is 0 Å². The number of nitrogens with one attached hydrogen (secondary N) is 1. The van der Waals surface area contributed by atoms with Crippen LogP contribution in [-0.4, -0.2) is 59.0 Å². The SMILES string of the molecule is C[C@](C(=O)N[C@@H]1CCOCC1(F)F)(c1cncnc1)N(C(=O)[C@H](F)Cl)c1ccc(OC(F)(F)F)cc1. The van der Waals surface area contributed by atoms with Crippen molar-refractivity contribution in [2.45, 2.75) is 42.8 Å². The van der Waals surface area contributed by atoms with E-state index in [1.54, 1.807) is 0 Å². The number of amides is 2. The molecule has 0 unspecified atom stereocenters. The lowest BCUT2D eigenvalue weighted by atomic mass is 9.89. The van der Waals surface area contributed by atoms with Crippen LogP contribution in [0.1, 0.15) is 18.9 Å². The second-order valence-corrected chi connectivity index (χ2v) is 8.23. The second-order valence-electron chi connectivity index (χ2n) is 7.84. The van der Waals surface area contributed by atoms with E-state index in [1.807, 2.05) is 0 Å². The molecule has 3 rings (SSSR count). The number of benzene rings is 1. The van der Waals surface area contributed by atoms with E-state index in [0.29, 0.717) is 4.90 Å². The molecule has 196 valence electrons. The van der Waals surface area contributed by atoms with Gasteiger partial charge >= 0.3 is 6.36 Å². The van der Waals surface area contributed by atoms with Crippen molar-refractivity contribution in [1.82, 2.24) is 15.3 Å². The number of hydrogen-bond donors (Lipinski definition) is 1. The van der Waals surface area contributed by atoms with Crippen LogP contribution in [0.25, 0.3) is 0 Å². The number of aromatic nitrogens is 2. The molecule has 0 saturated carbocycles. The van der Waals surface area contributed by atoms with Gasteiger partial charge < -0.3 is 14.8 Å². The van der Waals surface area contributed by atoms with Gasteiger partial charge in [0.25, 0.3) is 23.4 Å². The summed E-state index contributed by atoms with van der Waals surface area (Å²) < 4.78 is 89.1. The third-order valence-corrected chi connectivity index (χ3v) is 5.59. The average Bonchev–Trinajstić information content (AvgIpc) is 2.80. The maximum Gasteiger partial charge on any atom is 0.573 e. The zero-order chi connectivity index (χ0) is 26.7. The van der Waals surface area contributed by atoms with Crippen molar-refractivity contribution in [2.75, 3.05) is 18.1 Å². The number of carbonyl (C=O) groups is 2. The standard InChI is InChI=1S/C21H19ClF6N4O4/c1-19(12-8-29-11-30-9-12,18(34)31-15-6-7-35-10-20(15,24)25)32(17(33)16(22)23)13-2-4-14(5-3-13)36-21(26,27)28/h2-5,8-9,11,15-16H,6-7,10H2,1H3,(H,31,34)/t15-,16+,19-/m1/s1. The molecule has 1 aliphatic heterocycles. The van der Waals surface area contributed by atoms with Crippen molar-refractivity contribution in [2.24, 2.45) is 0 Å². The summed E-state index contributed by atoms with van der Waals surface area (Å²) in [6, 6.07) is 1.82. The predicted octanol–water partition coefficient (Wildman–Crippen LogP) is 3.70. The van der Waals surface area contributed by atoms with Gasteiger partial charge in [-0.25, -0.2) is 23.1 Å². The summed E-state index contributed by atoms with van der Waals surface area (Å²) in [6.45, 7) is 0.0691. The van der Waals surface area contributed by atoms with Gasteiger partial charge in [0.05, 0.1) is 6.04 Å². The number of halogens is 7. The lowest BCUT2D eigenvalue weighted by Crippen LogP contribution is -2.63. The Kier molecular flexibility index (Phi) is 7.98. The van der Waals surface area contributed by atoms with Crippen LogP contribution in [0.3, 0.4) is 0 Å². The Hall–Kier alpha value is -3.13. The zero-order valence-corrected chi connectivity index (χ0v) is 19.2. The molecule has 0 bridgehead atoms. The molecule has 2 heterocycles. The fourth-order valence-electron chi connectivity index (χ4n) is 3.61. The van der Waals surface area contributed by atoms with Crippen molar-refractivity contribution in [3.05, 3.63) is 48.5 Å². The van der Waals surface area contributed by atoms with Crippen LogP contribution < -0.4 is 15.0 Å². The summed E-state index contributed by atoms with van der Waals surface area (Å²) in [6.07, 6.45) is -2.00. The van der Waals surface area contributed by atoms with Gasteiger partial charge in [0.2, 0.25) is 0 Å². The summed E-state index contributed by atoms with van der Waals surface area (Å²) in [5.74, 6) is -6.80. The molecule has 1 aromatic heterocycles. The normalized spacial score (nSPS) is 20.1. The highest BCUT2D eigenvalue weighted by Gasteiger charge is 2.51. The van der Waals surface area contributed by atoms with Gasteiger partial charge in [-0.1, -0.05) is 11.6 Å². The van der Waals surface area contributed by atoms with E-state index in [2.05, 4.69) is 20.0 Å². The molecule has 15 heteroatoms. The van der Waals surface area contributed by atoms with Crippen LogP contribution in [0.4, 0.5) is 32.0 Å². The monoisotopic (exact) mass is 540 g/mol. The van der Waals surface area contributed by atoms with E-state index in [4.69, 9.17) is 16.3 Å². The minimum atomic E-state index is -5.01. The molecule has 8 nitrogen and oxygen atoms in total. The van der Waals surface area contributed by atoms with Crippen molar-refractivity contribution in [3.63, 3.8) is 0 Å². The highest BCUT2D eigenvalue weighted by Crippen LogP contribution is 2.37. The van der Waals surface area contributed by atoms with E-state index in [0.717, 1.165) is 49.9 Å². The van der Waals surface area contributed by atoms with E-state index >= 15 is 0 Å². The first kappa shape index (κ1) is 27.5. The molecule has 1 aromatic carbocycles. The van der Waals surface area contributed by atoms with Crippen molar-refractivity contribution < 1.29 is 45.4 Å².